The number of carbonyl (C=O) groups excluding carboxylic acids is 2. The molecule has 0 aliphatic heterocycles. The van der Waals surface area contributed by atoms with Crippen molar-refractivity contribution in [1.82, 2.24) is 0 Å². The van der Waals surface area contributed by atoms with Crippen LogP contribution in [0.2, 0.25) is 0 Å². The Morgan fingerprint density at radius 1 is 0.962 bits per heavy atom. The molecular formula is C21H18O5. The lowest BCUT2D eigenvalue weighted by atomic mass is 9.98. The first-order chi connectivity index (χ1) is 12.4. The Morgan fingerprint density at radius 2 is 1.65 bits per heavy atom. The van der Waals surface area contributed by atoms with Crippen molar-refractivity contribution in [3.63, 3.8) is 0 Å². The van der Waals surface area contributed by atoms with Crippen molar-refractivity contribution in [2.24, 2.45) is 0 Å². The summed E-state index contributed by atoms with van der Waals surface area (Å²) in [6.07, 6.45) is 0. The van der Waals surface area contributed by atoms with Gasteiger partial charge in [0, 0.05) is 11.6 Å². The van der Waals surface area contributed by atoms with Gasteiger partial charge in [0.1, 0.15) is 5.58 Å². The molecule has 1 heterocycles. The van der Waals surface area contributed by atoms with E-state index >= 15 is 0 Å². The van der Waals surface area contributed by atoms with E-state index in [-0.39, 0.29) is 17.0 Å². The molecule has 0 atom stereocenters. The summed E-state index contributed by atoms with van der Waals surface area (Å²) in [5.74, 6) is -1.37. The van der Waals surface area contributed by atoms with Gasteiger partial charge in [0.2, 0.25) is 11.5 Å². The van der Waals surface area contributed by atoms with Gasteiger partial charge in [-0.25, -0.2) is 4.79 Å². The van der Waals surface area contributed by atoms with Gasteiger partial charge in [0.05, 0.1) is 5.39 Å². The van der Waals surface area contributed by atoms with Crippen LogP contribution in [0.4, 0.5) is 0 Å². The normalized spacial score (nSPS) is 10.7. The molecule has 0 saturated heterocycles. The standard InChI is InChI=1S/C21H18O5/c1-12-8-14(3)16(9-13(12)2)18(23)11-25-21(24)20-10-17(22)15-6-4-5-7-19(15)26-20/h4-10H,11H2,1-3H3. The lowest BCUT2D eigenvalue weighted by molar-refractivity contribution is 0.0444. The molecule has 132 valence electrons. The number of Topliss-reactive ketones (excluding diaryl/α,β-unsaturated/α-hetero) is 1. The minimum atomic E-state index is -0.845. The molecule has 0 radical (unpaired) electrons. The molecule has 0 aliphatic rings. The number of rotatable bonds is 4. The van der Waals surface area contributed by atoms with Crippen LogP contribution in [0.25, 0.3) is 11.0 Å². The van der Waals surface area contributed by atoms with Gasteiger partial charge in [-0.1, -0.05) is 18.2 Å². The van der Waals surface area contributed by atoms with Crippen LogP contribution in [0.5, 0.6) is 0 Å². The number of hydrogen-bond donors (Lipinski definition) is 0. The summed E-state index contributed by atoms with van der Waals surface area (Å²) in [6, 6.07) is 11.4. The van der Waals surface area contributed by atoms with Gasteiger partial charge in [0.25, 0.3) is 0 Å². The summed E-state index contributed by atoms with van der Waals surface area (Å²) in [4.78, 5) is 36.6. The highest BCUT2D eigenvalue weighted by Gasteiger charge is 2.17. The number of aryl methyl sites for hydroxylation is 3. The highest BCUT2D eigenvalue weighted by molar-refractivity contribution is 6.00. The fourth-order valence-electron chi connectivity index (χ4n) is 2.75. The van der Waals surface area contributed by atoms with E-state index in [0.717, 1.165) is 22.8 Å². The molecule has 26 heavy (non-hydrogen) atoms. The fourth-order valence-corrected chi connectivity index (χ4v) is 2.75. The van der Waals surface area contributed by atoms with Crippen LogP contribution in [0.1, 0.15) is 37.6 Å². The number of fused-ring (bicyclic) bond motifs is 1. The number of ketones is 1. The van der Waals surface area contributed by atoms with Crippen molar-refractivity contribution in [2.75, 3.05) is 6.61 Å². The average Bonchev–Trinajstić information content (AvgIpc) is 2.62. The van der Waals surface area contributed by atoms with Crippen LogP contribution in [-0.4, -0.2) is 18.4 Å². The monoisotopic (exact) mass is 350 g/mol. The van der Waals surface area contributed by atoms with E-state index in [4.69, 9.17) is 9.15 Å². The highest BCUT2D eigenvalue weighted by Crippen LogP contribution is 2.17. The van der Waals surface area contributed by atoms with Crippen LogP contribution in [0.3, 0.4) is 0 Å². The number of esters is 1. The molecule has 0 aliphatic carbocycles. The Balaban J connectivity index is 1.78. The Labute approximate surface area is 150 Å². The average molecular weight is 350 g/mol. The third-order valence-electron chi connectivity index (χ3n) is 4.31. The SMILES string of the molecule is Cc1cc(C)c(C(=O)COC(=O)c2cc(=O)c3ccccc3o2)cc1C. The maximum Gasteiger partial charge on any atom is 0.374 e. The number of carbonyl (C=O) groups is 2. The van der Waals surface area contributed by atoms with Crippen molar-refractivity contribution >= 4 is 22.7 Å². The van der Waals surface area contributed by atoms with Crippen molar-refractivity contribution in [3.8, 4) is 0 Å². The Hall–Kier alpha value is -3.21. The third kappa shape index (κ3) is 3.42. The van der Waals surface area contributed by atoms with E-state index in [2.05, 4.69) is 0 Å². The Morgan fingerprint density at radius 3 is 2.42 bits per heavy atom. The molecule has 0 unspecified atom stereocenters. The zero-order chi connectivity index (χ0) is 18.8. The molecule has 0 bridgehead atoms. The summed E-state index contributed by atoms with van der Waals surface area (Å²) < 4.78 is 10.5. The van der Waals surface area contributed by atoms with Crippen LogP contribution >= 0.6 is 0 Å². The van der Waals surface area contributed by atoms with Gasteiger partial charge in [-0.3, -0.25) is 9.59 Å². The van der Waals surface area contributed by atoms with Gasteiger partial charge >= 0.3 is 5.97 Å². The van der Waals surface area contributed by atoms with Crippen LogP contribution in [0.15, 0.2) is 51.7 Å². The first-order valence-electron chi connectivity index (χ1n) is 8.18. The predicted octanol–water partition coefficient (Wildman–Crippen LogP) is 3.76. The highest BCUT2D eigenvalue weighted by atomic mass is 16.5. The Bertz CT molecular complexity index is 1080. The van der Waals surface area contributed by atoms with Crippen molar-refractivity contribution in [1.29, 1.82) is 0 Å². The molecular weight excluding hydrogens is 332 g/mol. The summed E-state index contributed by atoms with van der Waals surface area (Å²) in [5.41, 5.74) is 3.38. The second-order valence-electron chi connectivity index (χ2n) is 6.22. The van der Waals surface area contributed by atoms with Gasteiger partial charge in [0.15, 0.2) is 12.0 Å². The first kappa shape index (κ1) is 17.6. The number of hydrogen-bond acceptors (Lipinski definition) is 5. The summed E-state index contributed by atoms with van der Waals surface area (Å²) >= 11 is 0. The molecule has 3 aromatic rings. The van der Waals surface area contributed by atoms with Crippen molar-refractivity contribution in [2.45, 2.75) is 20.8 Å². The minimum absolute atomic E-state index is 0.224. The quantitative estimate of drug-likeness (QED) is 0.529. The second-order valence-corrected chi connectivity index (χ2v) is 6.22. The van der Waals surface area contributed by atoms with Crippen molar-refractivity contribution in [3.05, 3.63) is 80.7 Å². The summed E-state index contributed by atoms with van der Waals surface area (Å²) in [6.45, 7) is 5.31. The predicted molar refractivity (Wildman–Crippen MR) is 97.8 cm³/mol. The zero-order valence-corrected chi connectivity index (χ0v) is 14.8. The smallest absolute Gasteiger partial charge is 0.374 e. The fraction of sp³-hybridized carbons (Fsp3) is 0.190. The number of ether oxygens (including phenoxy) is 1. The van der Waals surface area contributed by atoms with Gasteiger partial charge in [-0.15, -0.1) is 0 Å². The van der Waals surface area contributed by atoms with Gasteiger partial charge in [-0.05, 0) is 55.7 Å². The molecule has 0 fully saturated rings. The molecule has 3 rings (SSSR count). The topological polar surface area (TPSA) is 73.6 Å². The van der Waals surface area contributed by atoms with Crippen LogP contribution < -0.4 is 5.43 Å². The molecule has 0 spiro atoms. The number of para-hydroxylation sites is 1. The molecule has 5 heteroatoms. The maximum absolute atomic E-state index is 12.4. The third-order valence-corrected chi connectivity index (χ3v) is 4.31. The van der Waals surface area contributed by atoms with E-state index in [9.17, 15) is 14.4 Å². The van der Waals surface area contributed by atoms with E-state index in [1.54, 1.807) is 30.3 Å². The van der Waals surface area contributed by atoms with Crippen LogP contribution in [-0.2, 0) is 4.74 Å². The summed E-state index contributed by atoms with van der Waals surface area (Å²) in [5, 5.41) is 0.380. The lowest BCUT2D eigenvalue weighted by Gasteiger charge is -2.09. The molecule has 5 nitrogen and oxygen atoms in total. The van der Waals surface area contributed by atoms with E-state index < -0.39 is 12.6 Å². The number of benzene rings is 2. The maximum atomic E-state index is 12.4. The molecule has 1 aromatic heterocycles. The molecule has 0 saturated carbocycles. The minimum Gasteiger partial charge on any atom is -0.451 e. The van der Waals surface area contributed by atoms with E-state index in [1.807, 2.05) is 26.8 Å². The van der Waals surface area contributed by atoms with E-state index in [1.165, 1.54) is 0 Å². The molecule has 2 aromatic carbocycles. The second kappa shape index (κ2) is 6.96. The Kier molecular flexibility index (Phi) is 4.71. The molecule has 0 amide bonds. The van der Waals surface area contributed by atoms with Gasteiger partial charge < -0.3 is 9.15 Å². The van der Waals surface area contributed by atoms with E-state index in [0.29, 0.717) is 16.5 Å². The largest absolute Gasteiger partial charge is 0.451 e. The first-order valence-corrected chi connectivity index (χ1v) is 8.18. The molecule has 0 N–H and O–H groups in total. The lowest BCUT2D eigenvalue weighted by Crippen LogP contribution is -2.17. The summed E-state index contributed by atoms with van der Waals surface area (Å²) in [7, 11) is 0. The van der Waals surface area contributed by atoms with Crippen LogP contribution in [0, 0.1) is 20.8 Å². The van der Waals surface area contributed by atoms with Gasteiger partial charge in [-0.2, -0.15) is 0 Å². The van der Waals surface area contributed by atoms with Crippen molar-refractivity contribution < 1.29 is 18.7 Å². The zero-order valence-electron chi connectivity index (χ0n) is 14.8.